The minimum atomic E-state index is -0.724. The maximum atomic E-state index is 10.8. The van der Waals surface area contributed by atoms with Crippen LogP contribution in [0.4, 0.5) is 5.82 Å². The van der Waals surface area contributed by atoms with Crippen molar-refractivity contribution < 1.29 is 9.90 Å². The minimum absolute atomic E-state index is 0.212. The molecule has 0 aromatic carbocycles. The van der Waals surface area contributed by atoms with Gasteiger partial charge in [0.2, 0.25) is 0 Å². The van der Waals surface area contributed by atoms with E-state index in [0.717, 1.165) is 36.5 Å². The van der Waals surface area contributed by atoms with Gasteiger partial charge in [0.1, 0.15) is 5.52 Å². The first-order valence-corrected chi connectivity index (χ1v) is 6.41. The summed E-state index contributed by atoms with van der Waals surface area (Å²) in [7, 11) is 0. The summed E-state index contributed by atoms with van der Waals surface area (Å²) < 4.78 is 1.82. The molecule has 1 aliphatic rings. The number of aryl methyl sites for hydroxylation is 1. The second-order valence-electron chi connectivity index (χ2n) is 5.06. The van der Waals surface area contributed by atoms with Crippen LogP contribution in [0.25, 0.3) is 5.52 Å². The van der Waals surface area contributed by atoms with E-state index in [4.69, 9.17) is 5.11 Å². The lowest BCUT2D eigenvalue weighted by atomic mass is 10.1. The number of carbonyl (C=O) groups is 1. The van der Waals surface area contributed by atoms with Gasteiger partial charge in [-0.2, -0.15) is 5.10 Å². The Morgan fingerprint density at radius 1 is 1.58 bits per heavy atom. The Morgan fingerprint density at radius 3 is 3.21 bits per heavy atom. The van der Waals surface area contributed by atoms with Crippen molar-refractivity contribution in [1.29, 1.82) is 0 Å². The summed E-state index contributed by atoms with van der Waals surface area (Å²) in [5, 5.41) is 13.2. The van der Waals surface area contributed by atoms with Crippen molar-refractivity contribution in [3.8, 4) is 0 Å². The summed E-state index contributed by atoms with van der Waals surface area (Å²) in [6.07, 6.45) is 4.70. The van der Waals surface area contributed by atoms with E-state index in [1.165, 1.54) is 0 Å². The molecule has 3 rings (SSSR count). The number of carboxylic acid groups (broad SMARTS) is 1. The van der Waals surface area contributed by atoms with Gasteiger partial charge in [-0.1, -0.05) is 0 Å². The molecule has 19 heavy (non-hydrogen) atoms. The van der Waals surface area contributed by atoms with Crippen LogP contribution in [0.5, 0.6) is 0 Å². The number of hydrogen-bond acceptors (Lipinski definition) is 4. The second kappa shape index (κ2) is 4.53. The Hall–Kier alpha value is -2.11. The topological polar surface area (TPSA) is 70.7 Å². The minimum Gasteiger partial charge on any atom is -0.481 e. The molecule has 1 unspecified atom stereocenters. The lowest BCUT2D eigenvalue weighted by Gasteiger charge is -2.17. The molecule has 6 nitrogen and oxygen atoms in total. The van der Waals surface area contributed by atoms with Gasteiger partial charge in [-0.15, -0.1) is 0 Å². The average Bonchev–Trinajstić information content (AvgIpc) is 2.92. The molecule has 2 aromatic rings. The first-order chi connectivity index (χ1) is 9.13. The predicted molar refractivity (Wildman–Crippen MR) is 70.3 cm³/mol. The molecule has 0 aliphatic carbocycles. The van der Waals surface area contributed by atoms with Gasteiger partial charge in [0.05, 0.1) is 5.69 Å². The number of carboxylic acids is 1. The molecule has 0 saturated carbocycles. The molecule has 0 amide bonds. The zero-order valence-corrected chi connectivity index (χ0v) is 10.8. The Kier molecular flexibility index (Phi) is 2.85. The fourth-order valence-corrected chi connectivity index (χ4v) is 2.71. The van der Waals surface area contributed by atoms with Crippen LogP contribution in [0.3, 0.4) is 0 Å². The van der Waals surface area contributed by atoms with Crippen LogP contribution >= 0.6 is 0 Å². The van der Waals surface area contributed by atoms with Crippen LogP contribution in [-0.4, -0.2) is 38.8 Å². The number of hydrogen-bond donors (Lipinski definition) is 1. The standard InChI is InChI=1S/C13H16N4O2/c1-9-6-11-13(14-3-5-17(11)15-9)16-4-2-10(8-16)7-12(18)19/h3,5-6,10H,2,4,7-8H2,1H3,(H,18,19). The van der Waals surface area contributed by atoms with Gasteiger partial charge in [0, 0.05) is 31.9 Å². The van der Waals surface area contributed by atoms with E-state index in [9.17, 15) is 4.79 Å². The summed E-state index contributed by atoms with van der Waals surface area (Å²) >= 11 is 0. The Morgan fingerprint density at radius 2 is 2.42 bits per heavy atom. The maximum absolute atomic E-state index is 10.8. The summed E-state index contributed by atoms with van der Waals surface area (Å²) in [6.45, 7) is 3.56. The molecule has 1 aliphatic heterocycles. The van der Waals surface area contributed by atoms with Gasteiger partial charge in [0.15, 0.2) is 5.82 Å². The molecule has 6 heteroatoms. The van der Waals surface area contributed by atoms with Crippen LogP contribution in [-0.2, 0) is 4.79 Å². The zero-order chi connectivity index (χ0) is 13.4. The lowest BCUT2D eigenvalue weighted by molar-refractivity contribution is -0.137. The number of anilines is 1. The third-order valence-corrected chi connectivity index (χ3v) is 3.54. The van der Waals surface area contributed by atoms with E-state index < -0.39 is 5.97 Å². The number of fused-ring (bicyclic) bond motifs is 1. The van der Waals surface area contributed by atoms with Gasteiger partial charge in [-0.3, -0.25) is 4.79 Å². The van der Waals surface area contributed by atoms with Crippen molar-refractivity contribution in [2.45, 2.75) is 19.8 Å². The lowest BCUT2D eigenvalue weighted by Crippen LogP contribution is -2.22. The average molecular weight is 260 g/mol. The number of rotatable bonds is 3. The number of nitrogens with zero attached hydrogens (tertiary/aromatic N) is 4. The van der Waals surface area contributed by atoms with Gasteiger partial charge < -0.3 is 10.0 Å². The van der Waals surface area contributed by atoms with Crippen molar-refractivity contribution in [2.75, 3.05) is 18.0 Å². The smallest absolute Gasteiger partial charge is 0.303 e. The Bertz CT molecular complexity index is 622. The Labute approximate surface area is 110 Å². The van der Waals surface area contributed by atoms with E-state index in [2.05, 4.69) is 15.0 Å². The molecule has 1 saturated heterocycles. The van der Waals surface area contributed by atoms with Crippen molar-refractivity contribution in [2.24, 2.45) is 5.92 Å². The quantitative estimate of drug-likeness (QED) is 0.901. The molecule has 0 bridgehead atoms. The highest BCUT2D eigenvalue weighted by Gasteiger charge is 2.26. The fourth-order valence-electron chi connectivity index (χ4n) is 2.71. The summed E-state index contributed by atoms with van der Waals surface area (Å²) in [4.78, 5) is 17.4. The fraction of sp³-hybridized carbons (Fsp3) is 0.462. The molecule has 0 radical (unpaired) electrons. The number of aliphatic carboxylic acids is 1. The van der Waals surface area contributed by atoms with Gasteiger partial charge in [-0.25, -0.2) is 9.50 Å². The van der Waals surface area contributed by atoms with E-state index >= 15 is 0 Å². The second-order valence-corrected chi connectivity index (χ2v) is 5.06. The first kappa shape index (κ1) is 12.0. The van der Waals surface area contributed by atoms with Crippen LogP contribution in [0.2, 0.25) is 0 Å². The summed E-state index contributed by atoms with van der Waals surface area (Å²) in [5.41, 5.74) is 1.94. The van der Waals surface area contributed by atoms with Crippen LogP contribution < -0.4 is 4.90 Å². The molecule has 2 aromatic heterocycles. The molecule has 3 heterocycles. The van der Waals surface area contributed by atoms with Crippen molar-refractivity contribution >= 4 is 17.3 Å². The van der Waals surface area contributed by atoms with Crippen molar-refractivity contribution in [3.63, 3.8) is 0 Å². The van der Waals surface area contributed by atoms with Crippen molar-refractivity contribution in [1.82, 2.24) is 14.6 Å². The highest BCUT2D eigenvalue weighted by atomic mass is 16.4. The van der Waals surface area contributed by atoms with Crippen LogP contribution in [0.1, 0.15) is 18.5 Å². The summed E-state index contributed by atoms with van der Waals surface area (Å²) in [5.74, 6) is 0.387. The van der Waals surface area contributed by atoms with Gasteiger partial charge in [-0.05, 0) is 25.3 Å². The third kappa shape index (κ3) is 2.25. The molecular formula is C13H16N4O2. The summed E-state index contributed by atoms with van der Waals surface area (Å²) in [6, 6.07) is 2.01. The van der Waals surface area contributed by atoms with E-state index in [1.54, 1.807) is 6.20 Å². The Balaban J connectivity index is 1.87. The zero-order valence-electron chi connectivity index (χ0n) is 10.8. The predicted octanol–water partition coefficient (Wildman–Crippen LogP) is 1.34. The maximum Gasteiger partial charge on any atom is 0.303 e. The molecular weight excluding hydrogens is 244 g/mol. The van der Waals surface area contributed by atoms with E-state index in [0.29, 0.717) is 0 Å². The first-order valence-electron chi connectivity index (χ1n) is 6.41. The largest absolute Gasteiger partial charge is 0.481 e. The SMILES string of the molecule is Cc1cc2c(N3CCC(CC(=O)O)C3)nccn2n1. The van der Waals surface area contributed by atoms with Gasteiger partial charge >= 0.3 is 5.97 Å². The van der Waals surface area contributed by atoms with Crippen molar-refractivity contribution in [3.05, 3.63) is 24.2 Å². The third-order valence-electron chi connectivity index (χ3n) is 3.54. The highest BCUT2D eigenvalue weighted by molar-refractivity contribution is 5.70. The number of aromatic nitrogens is 3. The van der Waals surface area contributed by atoms with Crippen LogP contribution in [0, 0.1) is 12.8 Å². The van der Waals surface area contributed by atoms with Crippen LogP contribution in [0.15, 0.2) is 18.5 Å². The monoisotopic (exact) mass is 260 g/mol. The molecule has 1 atom stereocenters. The molecule has 1 fully saturated rings. The molecule has 100 valence electrons. The normalized spacial score (nSPS) is 19.2. The van der Waals surface area contributed by atoms with E-state index in [1.807, 2.05) is 23.7 Å². The molecule has 1 N–H and O–H groups in total. The highest BCUT2D eigenvalue weighted by Crippen LogP contribution is 2.27. The van der Waals surface area contributed by atoms with Gasteiger partial charge in [0.25, 0.3) is 0 Å². The van der Waals surface area contributed by atoms with E-state index in [-0.39, 0.29) is 12.3 Å². The molecule has 0 spiro atoms.